The average molecular weight is 306 g/mol. The van der Waals surface area contributed by atoms with E-state index in [2.05, 4.69) is 33.6 Å². The highest BCUT2D eigenvalue weighted by Crippen LogP contribution is 2.32. The summed E-state index contributed by atoms with van der Waals surface area (Å²) >= 11 is 1.73. The van der Waals surface area contributed by atoms with Crippen LogP contribution in [0.25, 0.3) is 10.2 Å². The third-order valence-corrected chi connectivity index (χ3v) is 5.23. The van der Waals surface area contributed by atoms with Gasteiger partial charge in [0.05, 0.1) is 11.5 Å². The van der Waals surface area contributed by atoms with Crippen LogP contribution in [0.4, 0.5) is 11.8 Å². The van der Waals surface area contributed by atoms with E-state index in [1.54, 1.807) is 11.3 Å². The zero-order valence-corrected chi connectivity index (χ0v) is 13.3. The lowest BCUT2D eigenvalue weighted by molar-refractivity contribution is 0.126. The zero-order valence-electron chi connectivity index (χ0n) is 12.5. The molecule has 2 aromatic heterocycles. The molecule has 3 rings (SSSR count). The van der Waals surface area contributed by atoms with Gasteiger partial charge in [0.15, 0.2) is 0 Å². The van der Waals surface area contributed by atoms with Crippen molar-refractivity contribution in [3.8, 4) is 0 Å². The van der Waals surface area contributed by atoms with Gasteiger partial charge in [0.1, 0.15) is 10.6 Å². The summed E-state index contributed by atoms with van der Waals surface area (Å²) in [6.07, 6.45) is 4.61. The second kappa shape index (κ2) is 6.15. The second-order valence-electron chi connectivity index (χ2n) is 5.58. The molecule has 2 aromatic rings. The van der Waals surface area contributed by atoms with E-state index >= 15 is 0 Å². The summed E-state index contributed by atoms with van der Waals surface area (Å²) in [4.78, 5) is 11.5. The number of nitrogens with one attached hydrogen (secondary N) is 2. The van der Waals surface area contributed by atoms with Crippen molar-refractivity contribution in [2.75, 3.05) is 17.7 Å². The van der Waals surface area contributed by atoms with E-state index in [1.165, 1.54) is 4.88 Å². The summed E-state index contributed by atoms with van der Waals surface area (Å²) in [6, 6.07) is 2.58. The number of anilines is 2. The molecule has 0 unspecified atom stereocenters. The Balaban J connectivity index is 1.90. The van der Waals surface area contributed by atoms with E-state index in [4.69, 9.17) is 0 Å². The molecule has 21 heavy (non-hydrogen) atoms. The number of aryl methyl sites for hydroxylation is 1. The molecule has 0 aliphatic heterocycles. The van der Waals surface area contributed by atoms with E-state index in [-0.39, 0.29) is 6.10 Å². The van der Waals surface area contributed by atoms with Crippen LogP contribution in [-0.2, 0) is 6.42 Å². The summed E-state index contributed by atoms with van der Waals surface area (Å²) in [5.41, 5.74) is 0. The lowest BCUT2D eigenvalue weighted by Crippen LogP contribution is -2.28. The van der Waals surface area contributed by atoms with Crippen molar-refractivity contribution >= 4 is 33.3 Å². The molecule has 1 aliphatic carbocycles. The van der Waals surface area contributed by atoms with Crippen LogP contribution in [0.3, 0.4) is 0 Å². The third-order valence-electron chi connectivity index (χ3n) is 4.05. The second-order valence-corrected chi connectivity index (χ2v) is 6.70. The summed E-state index contributed by atoms with van der Waals surface area (Å²) in [5, 5.41) is 17.3. The number of fused-ring (bicyclic) bond motifs is 1. The molecule has 0 amide bonds. The SMILES string of the molecule is CCc1cc2c(NC3CCC(O)CC3)nc(NC)nc2s1. The fourth-order valence-corrected chi connectivity index (χ4v) is 3.75. The van der Waals surface area contributed by atoms with Gasteiger partial charge in [-0.3, -0.25) is 0 Å². The largest absolute Gasteiger partial charge is 0.393 e. The van der Waals surface area contributed by atoms with Gasteiger partial charge in [0.2, 0.25) is 5.95 Å². The van der Waals surface area contributed by atoms with Gasteiger partial charge in [0.25, 0.3) is 0 Å². The number of thiophene rings is 1. The minimum Gasteiger partial charge on any atom is -0.393 e. The van der Waals surface area contributed by atoms with Crippen molar-refractivity contribution in [3.05, 3.63) is 10.9 Å². The van der Waals surface area contributed by atoms with Crippen LogP contribution >= 0.6 is 11.3 Å². The summed E-state index contributed by atoms with van der Waals surface area (Å²) in [5.74, 6) is 1.58. The van der Waals surface area contributed by atoms with Gasteiger partial charge in [-0.25, -0.2) is 4.98 Å². The Bertz CT molecular complexity index is 619. The van der Waals surface area contributed by atoms with Gasteiger partial charge in [-0.05, 0) is 38.2 Å². The molecule has 1 saturated carbocycles. The van der Waals surface area contributed by atoms with Gasteiger partial charge < -0.3 is 15.7 Å². The maximum Gasteiger partial charge on any atom is 0.225 e. The Morgan fingerprint density at radius 3 is 2.71 bits per heavy atom. The third kappa shape index (κ3) is 3.11. The van der Waals surface area contributed by atoms with Crippen molar-refractivity contribution in [2.45, 2.75) is 51.2 Å². The van der Waals surface area contributed by atoms with E-state index in [1.807, 2.05) is 7.05 Å². The van der Waals surface area contributed by atoms with Crippen LogP contribution in [0.15, 0.2) is 6.07 Å². The molecule has 0 bridgehead atoms. The van der Waals surface area contributed by atoms with Gasteiger partial charge in [-0.2, -0.15) is 4.98 Å². The number of aromatic nitrogens is 2. The first-order valence-electron chi connectivity index (χ1n) is 7.62. The molecule has 0 radical (unpaired) electrons. The first kappa shape index (κ1) is 14.5. The van der Waals surface area contributed by atoms with Crippen LogP contribution in [0, 0.1) is 0 Å². The van der Waals surface area contributed by atoms with Crippen LogP contribution in [0.1, 0.15) is 37.5 Å². The average Bonchev–Trinajstić information content (AvgIpc) is 2.92. The molecule has 0 spiro atoms. The Hall–Kier alpha value is -1.40. The maximum absolute atomic E-state index is 9.62. The molecule has 0 saturated heterocycles. The predicted octanol–water partition coefficient (Wildman–Crippen LogP) is 3.01. The number of nitrogens with zero attached hydrogens (tertiary/aromatic N) is 2. The molecule has 2 heterocycles. The minimum atomic E-state index is -0.130. The van der Waals surface area contributed by atoms with E-state index in [9.17, 15) is 5.11 Å². The normalized spacial score (nSPS) is 22.4. The van der Waals surface area contributed by atoms with Crippen molar-refractivity contribution in [1.29, 1.82) is 0 Å². The smallest absolute Gasteiger partial charge is 0.225 e. The van der Waals surface area contributed by atoms with Crippen LogP contribution in [0.5, 0.6) is 0 Å². The van der Waals surface area contributed by atoms with Crippen molar-refractivity contribution in [3.63, 3.8) is 0 Å². The van der Waals surface area contributed by atoms with Crippen LogP contribution in [0.2, 0.25) is 0 Å². The lowest BCUT2D eigenvalue weighted by atomic mass is 9.93. The fraction of sp³-hybridized carbons (Fsp3) is 0.600. The Kier molecular flexibility index (Phi) is 4.26. The van der Waals surface area contributed by atoms with Gasteiger partial charge in [-0.15, -0.1) is 11.3 Å². The monoisotopic (exact) mass is 306 g/mol. The summed E-state index contributed by atoms with van der Waals surface area (Å²) in [6.45, 7) is 2.16. The van der Waals surface area contributed by atoms with Crippen LogP contribution in [-0.4, -0.2) is 34.3 Å². The molecule has 0 aromatic carbocycles. The summed E-state index contributed by atoms with van der Waals surface area (Å²) in [7, 11) is 1.84. The number of aliphatic hydroxyl groups is 1. The van der Waals surface area contributed by atoms with E-state index in [0.29, 0.717) is 12.0 Å². The Morgan fingerprint density at radius 2 is 2.05 bits per heavy atom. The van der Waals surface area contributed by atoms with Gasteiger partial charge in [0, 0.05) is 18.0 Å². The number of hydrogen-bond acceptors (Lipinski definition) is 6. The Morgan fingerprint density at radius 1 is 1.29 bits per heavy atom. The van der Waals surface area contributed by atoms with Gasteiger partial charge in [-0.1, -0.05) is 6.92 Å². The number of rotatable bonds is 4. The highest BCUT2D eigenvalue weighted by molar-refractivity contribution is 7.18. The molecule has 1 fully saturated rings. The predicted molar refractivity (Wildman–Crippen MR) is 88.2 cm³/mol. The standard InChI is InChI=1S/C15H22N4OS/c1-3-11-8-12-13(17-9-4-6-10(20)7-5-9)18-15(16-2)19-14(12)21-11/h8-10,20H,3-7H2,1-2H3,(H2,16,17,18,19). The molecule has 114 valence electrons. The topological polar surface area (TPSA) is 70.1 Å². The highest BCUT2D eigenvalue weighted by atomic mass is 32.1. The summed E-state index contributed by atoms with van der Waals surface area (Å²) < 4.78 is 0. The first-order chi connectivity index (χ1) is 10.2. The minimum absolute atomic E-state index is 0.130. The number of aliphatic hydroxyl groups excluding tert-OH is 1. The molecule has 3 N–H and O–H groups in total. The zero-order chi connectivity index (χ0) is 14.8. The van der Waals surface area contributed by atoms with E-state index in [0.717, 1.165) is 48.1 Å². The molecule has 5 nitrogen and oxygen atoms in total. The van der Waals surface area contributed by atoms with E-state index < -0.39 is 0 Å². The molecular weight excluding hydrogens is 284 g/mol. The number of hydrogen-bond donors (Lipinski definition) is 3. The Labute approximate surface area is 128 Å². The van der Waals surface area contributed by atoms with Crippen molar-refractivity contribution in [2.24, 2.45) is 0 Å². The van der Waals surface area contributed by atoms with Crippen molar-refractivity contribution in [1.82, 2.24) is 9.97 Å². The lowest BCUT2D eigenvalue weighted by Gasteiger charge is -2.26. The fourth-order valence-electron chi connectivity index (χ4n) is 2.78. The van der Waals surface area contributed by atoms with Crippen molar-refractivity contribution < 1.29 is 5.11 Å². The van der Waals surface area contributed by atoms with Gasteiger partial charge >= 0.3 is 0 Å². The molecule has 6 heteroatoms. The molecular formula is C15H22N4OS. The first-order valence-corrected chi connectivity index (χ1v) is 8.44. The molecule has 1 aliphatic rings. The highest BCUT2D eigenvalue weighted by Gasteiger charge is 2.21. The molecule has 0 atom stereocenters. The van der Waals surface area contributed by atoms with Crippen LogP contribution < -0.4 is 10.6 Å². The maximum atomic E-state index is 9.62. The quantitative estimate of drug-likeness (QED) is 0.810.